The van der Waals surface area contributed by atoms with Gasteiger partial charge in [-0.2, -0.15) is 0 Å². The minimum absolute atomic E-state index is 0.623. The standard InChI is InChI=1S/C10H10N4/c1-7-3-4-9(8(2)5-7)10-11-6-12-14-13-10/h3-6H,1-2H3. The molecule has 4 heteroatoms. The summed E-state index contributed by atoms with van der Waals surface area (Å²) in [7, 11) is 0. The smallest absolute Gasteiger partial charge is 0.185 e. The van der Waals surface area contributed by atoms with Gasteiger partial charge >= 0.3 is 0 Å². The van der Waals surface area contributed by atoms with Crippen LogP contribution in [0.1, 0.15) is 11.1 Å². The van der Waals surface area contributed by atoms with Gasteiger partial charge in [-0.15, -0.1) is 10.2 Å². The summed E-state index contributed by atoms with van der Waals surface area (Å²) >= 11 is 0. The van der Waals surface area contributed by atoms with Crippen LogP contribution in [0.5, 0.6) is 0 Å². The Bertz CT molecular complexity index is 439. The monoisotopic (exact) mass is 186 g/mol. The van der Waals surface area contributed by atoms with E-state index in [4.69, 9.17) is 0 Å². The Morgan fingerprint density at radius 1 is 1.14 bits per heavy atom. The summed E-state index contributed by atoms with van der Waals surface area (Å²) in [6, 6.07) is 6.13. The van der Waals surface area contributed by atoms with Crippen LogP contribution in [0.25, 0.3) is 11.4 Å². The predicted molar refractivity (Wildman–Crippen MR) is 52.5 cm³/mol. The van der Waals surface area contributed by atoms with Crippen LogP contribution < -0.4 is 0 Å². The summed E-state index contributed by atoms with van der Waals surface area (Å²) < 4.78 is 0. The zero-order valence-corrected chi connectivity index (χ0v) is 8.10. The molecular weight excluding hydrogens is 176 g/mol. The van der Waals surface area contributed by atoms with Crippen LogP contribution in [0, 0.1) is 13.8 Å². The number of aryl methyl sites for hydroxylation is 2. The Morgan fingerprint density at radius 2 is 2.00 bits per heavy atom. The third-order valence-corrected chi connectivity index (χ3v) is 2.05. The van der Waals surface area contributed by atoms with Crippen molar-refractivity contribution in [1.82, 2.24) is 20.4 Å². The molecule has 0 saturated heterocycles. The molecule has 1 aromatic carbocycles. The molecule has 1 aromatic heterocycles. The third kappa shape index (κ3) is 1.59. The summed E-state index contributed by atoms with van der Waals surface area (Å²) in [6.07, 6.45) is 1.40. The maximum Gasteiger partial charge on any atom is 0.185 e. The molecule has 0 unspecified atom stereocenters. The fourth-order valence-corrected chi connectivity index (χ4v) is 1.39. The molecule has 0 fully saturated rings. The fourth-order valence-electron chi connectivity index (χ4n) is 1.39. The van der Waals surface area contributed by atoms with Gasteiger partial charge in [0.15, 0.2) is 5.82 Å². The first-order valence-electron chi connectivity index (χ1n) is 4.35. The number of benzene rings is 1. The molecule has 0 aliphatic carbocycles. The molecule has 1 heterocycles. The number of rotatable bonds is 1. The minimum Gasteiger partial charge on any atom is -0.213 e. The molecule has 0 bridgehead atoms. The van der Waals surface area contributed by atoms with Crippen molar-refractivity contribution in [2.75, 3.05) is 0 Å². The van der Waals surface area contributed by atoms with E-state index in [2.05, 4.69) is 33.4 Å². The van der Waals surface area contributed by atoms with Crippen LogP contribution >= 0.6 is 0 Å². The van der Waals surface area contributed by atoms with Crippen molar-refractivity contribution in [3.05, 3.63) is 35.7 Å². The van der Waals surface area contributed by atoms with Crippen LogP contribution in [0.3, 0.4) is 0 Å². The number of hydrogen-bond donors (Lipinski definition) is 0. The van der Waals surface area contributed by atoms with Crippen molar-refractivity contribution in [3.8, 4) is 11.4 Å². The van der Waals surface area contributed by atoms with Crippen LogP contribution in [-0.4, -0.2) is 20.4 Å². The highest BCUT2D eigenvalue weighted by molar-refractivity contribution is 5.59. The van der Waals surface area contributed by atoms with E-state index in [1.807, 2.05) is 19.1 Å². The first kappa shape index (κ1) is 8.74. The quantitative estimate of drug-likeness (QED) is 0.678. The van der Waals surface area contributed by atoms with E-state index in [1.165, 1.54) is 11.9 Å². The SMILES string of the molecule is Cc1ccc(-c2ncnnn2)c(C)c1. The van der Waals surface area contributed by atoms with E-state index in [0.717, 1.165) is 11.1 Å². The Morgan fingerprint density at radius 3 is 2.64 bits per heavy atom. The molecule has 14 heavy (non-hydrogen) atoms. The molecule has 0 atom stereocenters. The van der Waals surface area contributed by atoms with Gasteiger partial charge in [0.2, 0.25) is 0 Å². The molecule has 0 N–H and O–H groups in total. The normalized spacial score (nSPS) is 10.1. The van der Waals surface area contributed by atoms with E-state index < -0.39 is 0 Å². The average molecular weight is 186 g/mol. The van der Waals surface area contributed by atoms with Crippen molar-refractivity contribution in [1.29, 1.82) is 0 Å². The molecule has 0 radical (unpaired) electrons. The molecule has 2 aromatic rings. The Balaban J connectivity index is 2.53. The maximum atomic E-state index is 4.05. The van der Waals surface area contributed by atoms with Gasteiger partial charge in [0.1, 0.15) is 6.33 Å². The zero-order chi connectivity index (χ0) is 9.97. The maximum absolute atomic E-state index is 4.05. The molecule has 4 nitrogen and oxygen atoms in total. The molecular formula is C10H10N4. The summed E-state index contributed by atoms with van der Waals surface area (Å²) in [5.41, 5.74) is 3.39. The van der Waals surface area contributed by atoms with Crippen LogP contribution in [0.4, 0.5) is 0 Å². The van der Waals surface area contributed by atoms with E-state index in [-0.39, 0.29) is 0 Å². The second-order valence-corrected chi connectivity index (χ2v) is 3.19. The third-order valence-electron chi connectivity index (χ3n) is 2.05. The van der Waals surface area contributed by atoms with Crippen LogP contribution in [-0.2, 0) is 0 Å². The first-order chi connectivity index (χ1) is 6.77. The van der Waals surface area contributed by atoms with Crippen LogP contribution in [0.15, 0.2) is 24.5 Å². The lowest BCUT2D eigenvalue weighted by atomic mass is 10.1. The summed E-state index contributed by atoms with van der Waals surface area (Å²) in [4.78, 5) is 4.05. The molecule has 0 aliphatic rings. The Kier molecular flexibility index (Phi) is 2.18. The van der Waals surface area contributed by atoms with Gasteiger partial charge < -0.3 is 0 Å². The van der Waals surface area contributed by atoms with Gasteiger partial charge in [0, 0.05) is 5.56 Å². The lowest BCUT2D eigenvalue weighted by Gasteiger charge is -2.03. The van der Waals surface area contributed by atoms with Crippen molar-refractivity contribution < 1.29 is 0 Å². The number of hydrogen-bond acceptors (Lipinski definition) is 4. The van der Waals surface area contributed by atoms with Gasteiger partial charge in [0.25, 0.3) is 0 Å². The van der Waals surface area contributed by atoms with Crippen LogP contribution in [0.2, 0.25) is 0 Å². The van der Waals surface area contributed by atoms with Gasteiger partial charge in [0.05, 0.1) is 0 Å². The molecule has 0 saturated carbocycles. The van der Waals surface area contributed by atoms with Crippen molar-refractivity contribution in [3.63, 3.8) is 0 Å². The fraction of sp³-hybridized carbons (Fsp3) is 0.200. The molecule has 0 amide bonds. The van der Waals surface area contributed by atoms with Crippen molar-refractivity contribution in [2.24, 2.45) is 0 Å². The number of aromatic nitrogens is 4. The van der Waals surface area contributed by atoms with Crippen molar-refractivity contribution in [2.45, 2.75) is 13.8 Å². The second-order valence-electron chi connectivity index (χ2n) is 3.19. The van der Waals surface area contributed by atoms with Crippen molar-refractivity contribution >= 4 is 0 Å². The summed E-state index contributed by atoms with van der Waals surface area (Å²) in [5, 5.41) is 11.0. The highest BCUT2D eigenvalue weighted by Gasteiger charge is 2.04. The summed E-state index contributed by atoms with van der Waals surface area (Å²) in [6.45, 7) is 4.09. The molecule has 70 valence electrons. The van der Waals surface area contributed by atoms with Gasteiger partial charge in [-0.3, -0.25) is 0 Å². The summed E-state index contributed by atoms with van der Waals surface area (Å²) in [5.74, 6) is 0.623. The molecule has 0 spiro atoms. The topological polar surface area (TPSA) is 51.6 Å². The highest BCUT2D eigenvalue weighted by Crippen LogP contribution is 2.19. The first-order valence-corrected chi connectivity index (χ1v) is 4.35. The van der Waals surface area contributed by atoms with Gasteiger partial charge in [-0.1, -0.05) is 23.8 Å². The average Bonchev–Trinajstić information content (AvgIpc) is 2.19. The van der Waals surface area contributed by atoms with E-state index in [9.17, 15) is 0 Å². The molecule has 2 rings (SSSR count). The van der Waals surface area contributed by atoms with Gasteiger partial charge in [-0.05, 0) is 24.6 Å². The Hall–Kier alpha value is -1.84. The van der Waals surface area contributed by atoms with E-state index >= 15 is 0 Å². The second kappa shape index (κ2) is 3.49. The number of nitrogens with zero attached hydrogens (tertiary/aromatic N) is 4. The predicted octanol–water partition coefficient (Wildman–Crippen LogP) is 1.55. The lowest BCUT2D eigenvalue weighted by molar-refractivity contribution is 0.825. The minimum atomic E-state index is 0.623. The Labute approximate surface area is 82.0 Å². The highest BCUT2D eigenvalue weighted by atomic mass is 15.3. The molecule has 0 aliphatic heterocycles. The van der Waals surface area contributed by atoms with Gasteiger partial charge in [-0.25, -0.2) is 4.98 Å². The van der Waals surface area contributed by atoms with E-state index in [1.54, 1.807) is 0 Å². The largest absolute Gasteiger partial charge is 0.213 e. The lowest BCUT2D eigenvalue weighted by Crippen LogP contribution is -1.95. The van der Waals surface area contributed by atoms with E-state index in [0.29, 0.717) is 5.82 Å². The zero-order valence-electron chi connectivity index (χ0n) is 8.10.